The zero-order valence-corrected chi connectivity index (χ0v) is 10.2. The number of allylic oxidation sites excluding steroid dienone is 9. The lowest BCUT2D eigenvalue weighted by atomic mass is 9.93. The molecule has 0 aromatic heterocycles. The van der Waals surface area contributed by atoms with Gasteiger partial charge in [0.25, 0.3) is 0 Å². The largest absolute Gasteiger partial charge is 0.293 e. The molecule has 0 heterocycles. The molecular weight excluding hydrogens is 252 g/mol. The molecule has 0 fully saturated rings. The zero-order chi connectivity index (χ0) is 13.1. The number of hydrogen-bond acceptors (Lipinski definition) is 3. The molecule has 0 aliphatic heterocycles. The fourth-order valence-corrected chi connectivity index (χ4v) is 1.92. The number of ketones is 2. The van der Waals surface area contributed by atoms with Gasteiger partial charge in [0, 0.05) is 29.6 Å². The predicted molar refractivity (Wildman–Crippen MR) is 67.7 cm³/mol. The molecule has 0 atom stereocenters. The van der Waals surface area contributed by atoms with E-state index >= 15 is 0 Å². The van der Waals surface area contributed by atoms with Crippen molar-refractivity contribution in [2.75, 3.05) is 0 Å². The number of hydrogen-bond donors (Lipinski definition) is 0. The molecule has 0 unspecified atom stereocenters. The van der Waals surface area contributed by atoms with E-state index in [2.05, 4.69) is 0 Å². The Balaban J connectivity index is 2.29. The van der Waals surface area contributed by atoms with E-state index in [4.69, 9.17) is 11.6 Å². The summed E-state index contributed by atoms with van der Waals surface area (Å²) in [6.45, 7) is 0. The summed E-state index contributed by atoms with van der Waals surface area (Å²) in [6.07, 6.45) is 8.41. The minimum absolute atomic E-state index is 0.0624. The van der Waals surface area contributed by atoms with Crippen molar-refractivity contribution in [1.29, 1.82) is 0 Å². The van der Waals surface area contributed by atoms with Crippen LogP contribution in [0.3, 0.4) is 0 Å². The Morgan fingerprint density at radius 3 is 2.67 bits per heavy atom. The first-order valence-electron chi connectivity index (χ1n) is 5.39. The number of rotatable bonds is 2. The molecule has 2 rings (SSSR count). The van der Waals surface area contributed by atoms with Gasteiger partial charge in [0.05, 0.1) is 5.03 Å². The van der Waals surface area contributed by atoms with E-state index < -0.39 is 0 Å². The van der Waals surface area contributed by atoms with Crippen LogP contribution in [0.5, 0.6) is 0 Å². The van der Waals surface area contributed by atoms with Gasteiger partial charge in [0.1, 0.15) is 5.94 Å². The van der Waals surface area contributed by atoms with Crippen LogP contribution in [0.4, 0.5) is 0 Å². The molecule has 0 saturated carbocycles. The van der Waals surface area contributed by atoms with Gasteiger partial charge in [-0.1, -0.05) is 29.8 Å². The first kappa shape index (κ1) is 12.5. The normalized spacial score (nSPS) is 18.8. The van der Waals surface area contributed by atoms with Crippen LogP contribution in [-0.4, -0.2) is 17.5 Å². The van der Waals surface area contributed by atoms with Crippen molar-refractivity contribution in [3.05, 3.63) is 52.1 Å². The van der Waals surface area contributed by atoms with Gasteiger partial charge >= 0.3 is 0 Å². The second-order valence-electron chi connectivity index (χ2n) is 3.94. The maximum atomic E-state index is 12.1. The van der Waals surface area contributed by atoms with Crippen molar-refractivity contribution < 1.29 is 14.4 Å². The second-order valence-corrected chi connectivity index (χ2v) is 4.35. The van der Waals surface area contributed by atoms with E-state index in [1.165, 1.54) is 12.2 Å². The van der Waals surface area contributed by atoms with Gasteiger partial charge in [-0.3, -0.25) is 9.59 Å². The van der Waals surface area contributed by atoms with E-state index in [1.807, 2.05) is 0 Å². The summed E-state index contributed by atoms with van der Waals surface area (Å²) in [5.74, 6) is 1.33. The summed E-state index contributed by atoms with van der Waals surface area (Å²) in [7, 11) is 0. The fourth-order valence-electron chi connectivity index (χ4n) is 1.72. The van der Waals surface area contributed by atoms with Crippen molar-refractivity contribution in [3.63, 3.8) is 0 Å². The predicted octanol–water partition coefficient (Wildman–Crippen LogP) is 2.22. The van der Waals surface area contributed by atoms with E-state index in [9.17, 15) is 14.4 Å². The molecule has 18 heavy (non-hydrogen) atoms. The van der Waals surface area contributed by atoms with E-state index in [0.29, 0.717) is 23.1 Å². The maximum Gasteiger partial charge on any atom is 0.192 e. The average molecular weight is 261 g/mol. The number of halogens is 1. The molecular formula is C14H9ClO3. The molecule has 90 valence electrons. The second kappa shape index (κ2) is 5.13. The summed E-state index contributed by atoms with van der Waals surface area (Å²) in [5.41, 5.74) is 1.21. The summed E-state index contributed by atoms with van der Waals surface area (Å²) in [6, 6.07) is 0. The van der Waals surface area contributed by atoms with Crippen molar-refractivity contribution in [1.82, 2.24) is 0 Å². The van der Waals surface area contributed by atoms with Crippen LogP contribution in [-0.2, 0) is 14.4 Å². The van der Waals surface area contributed by atoms with Crippen molar-refractivity contribution in [2.45, 2.75) is 12.8 Å². The van der Waals surface area contributed by atoms with E-state index in [-0.39, 0.29) is 23.0 Å². The molecule has 0 N–H and O–H groups in total. The van der Waals surface area contributed by atoms with Gasteiger partial charge in [-0.15, -0.1) is 0 Å². The Bertz CT molecular complexity index is 597. The molecule has 0 aromatic rings. The van der Waals surface area contributed by atoms with Crippen LogP contribution in [0.2, 0.25) is 0 Å². The summed E-state index contributed by atoms with van der Waals surface area (Å²) in [5, 5.41) is 0.0624. The molecule has 0 amide bonds. The highest BCUT2D eigenvalue weighted by Crippen LogP contribution is 2.23. The third-order valence-corrected chi connectivity index (χ3v) is 3.00. The average Bonchev–Trinajstić information content (AvgIpc) is 2.41. The van der Waals surface area contributed by atoms with Gasteiger partial charge in [0.15, 0.2) is 11.6 Å². The highest BCUT2D eigenvalue weighted by atomic mass is 35.5. The molecule has 2 aliphatic rings. The summed E-state index contributed by atoms with van der Waals surface area (Å²) in [4.78, 5) is 33.9. The Morgan fingerprint density at radius 1 is 1.22 bits per heavy atom. The monoisotopic (exact) mass is 260 g/mol. The first-order chi connectivity index (χ1) is 8.61. The highest BCUT2D eigenvalue weighted by Gasteiger charge is 2.19. The van der Waals surface area contributed by atoms with Crippen molar-refractivity contribution in [3.8, 4) is 0 Å². The molecule has 3 nitrogen and oxygen atoms in total. The van der Waals surface area contributed by atoms with Gasteiger partial charge in [-0.2, -0.15) is 0 Å². The lowest BCUT2D eigenvalue weighted by Gasteiger charge is -2.10. The Labute approximate surface area is 109 Å². The van der Waals surface area contributed by atoms with Crippen LogP contribution in [0, 0.1) is 0 Å². The molecule has 0 aromatic carbocycles. The zero-order valence-electron chi connectivity index (χ0n) is 9.40. The minimum Gasteiger partial charge on any atom is -0.293 e. The van der Waals surface area contributed by atoms with Crippen LogP contribution in [0.25, 0.3) is 0 Å². The van der Waals surface area contributed by atoms with Gasteiger partial charge in [-0.05, 0) is 12.2 Å². The maximum absolute atomic E-state index is 12.1. The molecule has 4 heteroatoms. The Hall–Kier alpha value is -1.96. The van der Waals surface area contributed by atoms with Crippen LogP contribution in [0.1, 0.15) is 12.8 Å². The molecule has 2 aliphatic carbocycles. The Kier molecular flexibility index (Phi) is 3.56. The lowest BCUT2D eigenvalue weighted by molar-refractivity contribution is -0.114. The standard InChI is InChI=1S/C14H9ClO3/c15-12-7-11(4-5-13(12)17)14(18)10-3-1-2-9(6-10)8-16/h1,3-4,6-7H,2,5H2. The number of carbonyl (C=O) groups excluding carboxylic acids is 3. The molecule has 0 radical (unpaired) electrons. The van der Waals surface area contributed by atoms with Gasteiger partial charge in [-0.25, -0.2) is 4.79 Å². The van der Waals surface area contributed by atoms with Crippen LogP contribution < -0.4 is 0 Å². The van der Waals surface area contributed by atoms with E-state index in [0.717, 1.165) is 0 Å². The fraction of sp³-hybridized carbons (Fsp3) is 0.143. The number of Topliss-reactive ketones (excluding diaryl/α,β-unsaturated/α-hetero) is 2. The van der Waals surface area contributed by atoms with Gasteiger partial charge < -0.3 is 0 Å². The lowest BCUT2D eigenvalue weighted by Crippen LogP contribution is -2.11. The minimum atomic E-state index is -0.246. The quantitative estimate of drug-likeness (QED) is 0.716. The molecule has 0 spiro atoms. The molecule has 0 bridgehead atoms. The highest BCUT2D eigenvalue weighted by molar-refractivity contribution is 6.43. The summed E-state index contributed by atoms with van der Waals surface area (Å²) >= 11 is 5.71. The SMILES string of the molecule is O=C=C1C=C(C(=O)C2=CCC(=O)C(Cl)=C2)C=CC1. The van der Waals surface area contributed by atoms with Crippen molar-refractivity contribution in [2.24, 2.45) is 0 Å². The smallest absolute Gasteiger partial charge is 0.192 e. The van der Waals surface area contributed by atoms with Crippen LogP contribution in [0.15, 0.2) is 52.1 Å². The number of carbonyl (C=O) groups is 2. The third kappa shape index (κ3) is 2.48. The third-order valence-electron chi connectivity index (χ3n) is 2.68. The topological polar surface area (TPSA) is 51.2 Å². The van der Waals surface area contributed by atoms with Crippen molar-refractivity contribution >= 4 is 29.1 Å². The summed E-state index contributed by atoms with van der Waals surface area (Å²) < 4.78 is 0. The van der Waals surface area contributed by atoms with E-state index in [1.54, 1.807) is 24.2 Å². The Morgan fingerprint density at radius 2 is 2.00 bits per heavy atom. The van der Waals surface area contributed by atoms with Gasteiger partial charge in [0.2, 0.25) is 0 Å². The van der Waals surface area contributed by atoms with Crippen LogP contribution >= 0.6 is 11.6 Å². The molecule has 0 saturated heterocycles. The first-order valence-corrected chi connectivity index (χ1v) is 5.77.